The number of methoxy groups -OCH3 is 1. The fraction of sp³-hybridized carbons (Fsp3) is 0.316. The van der Waals surface area contributed by atoms with Crippen molar-refractivity contribution in [2.75, 3.05) is 20.3 Å². The SMILES string of the molecule is COCCCn1c(=O)n(C)c(=O)c2[nH]c(-c3ccc(OCC(=O)O)cc3)cc21. The van der Waals surface area contributed by atoms with Crippen LogP contribution in [-0.4, -0.2) is 45.5 Å². The smallest absolute Gasteiger partial charge is 0.341 e. The largest absolute Gasteiger partial charge is 0.482 e. The molecule has 2 heterocycles. The van der Waals surface area contributed by atoms with Crippen molar-refractivity contribution in [2.45, 2.75) is 13.0 Å². The topological polar surface area (TPSA) is 116 Å². The number of H-pyrrole nitrogens is 1. The molecule has 0 saturated carbocycles. The molecule has 0 saturated heterocycles. The van der Waals surface area contributed by atoms with Gasteiger partial charge in [-0.2, -0.15) is 0 Å². The fourth-order valence-electron chi connectivity index (χ4n) is 2.97. The van der Waals surface area contributed by atoms with Gasteiger partial charge in [-0.1, -0.05) is 0 Å². The van der Waals surface area contributed by atoms with E-state index in [1.54, 1.807) is 42.0 Å². The van der Waals surface area contributed by atoms with Crippen LogP contribution < -0.4 is 16.0 Å². The molecule has 0 aliphatic carbocycles. The summed E-state index contributed by atoms with van der Waals surface area (Å²) in [6, 6.07) is 8.55. The normalized spacial score (nSPS) is 11.1. The number of carboxylic acids is 1. The summed E-state index contributed by atoms with van der Waals surface area (Å²) in [5.74, 6) is -0.628. The van der Waals surface area contributed by atoms with E-state index in [2.05, 4.69) is 4.98 Å². The second kappa shape index (κ2) is 8.13. The molecule has 28 heavy (non-hydrogen) atoms. The highest BCUT2D eigenvalue weighted by atomic mass is 16.5. The van der Waals surface area contributed by atoms with Gasteiger partial charge in [0.15, 0.2) is 6.61 Å². The van der Waals surface area contributed by atoms with Crippen molar-refractivity contribution in [1.82, 2.24) is 14.1 Å². The second-order valence-corrected chi connectivity index (χ2v) is 6.29. The van der Waals surface area contributed by atoms with Gasteiger partial charge in [0, 0.05) is 33.0 Å². The van der Waals surface area contributed by atoms with E-state index in [0.717, 1.165) is 10.1 Å². The molecule has 0 atom stereocenters. The summed E-state index contributed by atoms with van der Waals surface area (Å²) in [5, 5.41) is 8.66. The monoisotopic (exact) mass is 387 g/mol. The van der Waals surface area contributed by atoms with Gasteiger partial charge in [-0.15, -0.1) is 0 Å². The molecular formula is C19H21N3O6. The van der Waals surface area contributed by atoms with Crippen molar-refractivity contribution in [3.63, 3.8) is 0 Å². The minimum Gasteiger partial charge on any atom is -0.482 e. The molecule has 2 N–H and O–H groups in total. The molecule has 148 valence electrons. The van der Waals surface area contributed by atoms with E-state index in [9.17, 15) is 14.4 Å². The van der Waals surface area contributed by atoms with Crippen molar-refractivity contribution < 1.29 is 19.4 Å². The lowest BCUT2D eigenvalue weighted by atomic mass is 10.1. The zero-order valence-electron chi connectivity index (χ0n) is 15.6. The van der Waals surface area contributed by atoms with Crippen LogP contribution in [0.15, 0.2) is 39.9 Å². The Morgan fingerprint density at radius 2 is 1.93 bits per heavy atom. The number of aromatic nitrogens is 3. The van der Waals surface area contributed by atoms with Gasteiger partial charge < -0.3 is 19.6 Å². The number of aromatic amines is 1. The summed E-state index contributed by atoms with van der Waals surface area (Å²) in [7, 11) is 3.05. The van der Waals surface area contributed by atoms with Crippen LogP contribution in [0.1, 0.15) is 6.42 Å². The molecule has 3 aromatic rings. The molecule has 0 amide bonds. The molecule has 0 spiro atoms. The molecule has 0 aliphatic heterocycles. The Bertz CT molecular complexity index is 1110. The molecule has 9 nitrogen and oxygen atoms in total. The van der Waals surface area contributed by atoms with E-state index >= 15 is 0 Å². The fourth-order valence-corrected chi connectivity index (χ4v) is 2.97. The van der Waals surface area contributed by atoms with Gasteiger partial charge in [0.1, 0.15) is 11.3 Å². The number of benzene rings is 1. The third-order valence-electron chi connectivity index (χ3n) is 4.38. The Labute approximate surface area is 159 Å². The summed E-state index contributed by atoms with van der Waals surface area (Å²) in [4.78, 5) is 38.7. The van der Waals surface area contributed by atoms with Crippen molar-refractivity contribution >= 4 is 17.0 Å². The highest BCUT2D eigenvalue weighted by Crippen LogP contribution is 2.24. The first-order valence-corrected chi connectivity index (χ1v) is 8.69. The molecule has 0 fully saturated rings. The van der Waals surface area contributed by atoms with E-state index in [0.29, 0.717) is 42.0 Å². The minimum atomic E-state index is -1.05. The average molecular weight is 387 g/mol. The number of aliphatic carboxylic acids is 1. The number of carbonyl (C=O) groups is 1. The standard InChI is InChI=1S/C19H21N3O6/c1-21-18(25)17-15(22(19(21)26)8-3-9-27-2)10-14(20-17)12-4-6-13(7-5-12)28-11-16(23)24/h4-7,10,20H,3,8-9,11H2,1-2H3,(H,23,24). The van der Waals surface area contributed by atoms with E-state index in [1.807, 2.05) is 0 Å². The summed E-state index contributed by atoms with van der Waals surface area (Å²) in [6.45, 7) is 0.512. The zero-order chi connectivity index (χ0) is 20.3. The van der Waals surface area contributed by atoms with Gasteiger partial charge in [0.2, 0.25) is 0 Å². The van der Waals surface area contributed by atoms with Crippen molar-refractivity contribution in [3.05, 3.63) is 51.2 Å². The number of nitrogens with one attached hydrogen (secondary N) is 1. The quantitative estimate of drug-likeness (QED) is 0.561. The number of hydrogen-bond donors (Lipinski definition) is 2. The Hall–Kier alpha value is -3.33. The second-order valence-electron chi connectivity index (χ2n) is 6.29. The Balaban J connectivity index is 2.00. The van der Waals surface area contributed by atoms with Crippen LogP contribution in [0.2, 0.25) is 0 Å². The van der Waals surface area contributed by atoms with Crippen molar-refractivity contribution in [1.29, 1.82) is 0 Å². The molecule has 9 heteroatoms. The Morgan fingerprint density at radius 3 is 2.57 bits per heavy atom. The lowest BCUT2D eigenvalue weighted by Gasteiger charge is -2.08. The van der Waals surface area contributed by atoms with Gasteiger partial charge in [-0.05, 0) is 42.3 Å². The van der Waals surface area contributed by atoms with Crippen LogP contribution in [0.25, 0.3) is 22.3 Å². The minimum absolute atomic E-state index is 0.348. The number of carboxylic acid groups (broad SMARTS) is 1. The molecule has 3 rings (SSSR count). The molecule has 0 unspecified atom stereocenters. The number of aryl methyl sites for hydroxylation is 1. The van der Waals surface area contributed by atoms with Crippen LogP contribution in [0, 0.1) is 0 Å². The third-order valence-corrected chi connectivity index (χ3v) is 4.38. The highest BCUT2D eigenvalue weighted by molar-refractivity contribution is 5.82. The number of hydrogen-bond acceptors (Lipinski definition) is 5. The highest BCUT2D eigenvalue weighted by Gasteiger charge is 2.14. The Kier molecular flexibility index (Phi) is 5.65. The van der Waals surface area contributed by atoms with E-state index in [-0.39, 0.29) is 5.69 Å². The van der Waals surface area contributed by atoms with Crippen LogP contribution >= 0.6 is 0 Å². The number of rotatable bonds is 8. The molecule has 1 aromatic carbocycles. The molecule has 2 aromatic heterocycles. The summed E-state index contributed by atoms with van der Waals surface area (Å²) < 4.78 is 12.8. The first kappa shape index (κ1) is 19.4. The lowest BCUT2D eigenvalue weighted by molar-refractivity contribution is -0.139. The maximum absolute atomic E-state index is 12.5. The number of fused-ring (bicyclic) bond motifs is 1. The maximum atomic E-state index is 12.5. The van der Waals surface area contributed by atoms with Crippen LogP contribution in [0.5, 0.6) is 5.75 Å². The van der Waals surface area contributed by atoms with Gasteiger partial charge in [0.25, 0.3) is 5.56 Å². The van der Waals surface area contributed by atoms with E-state index in [4.69, 9.17) is 14.6 Å². The number of ether oxygens (including phenoxy) is 2. The molecule has 0 bridgehead atoms. The Morgan fingerprint density at radius 1 is 1.21 bits per heavy atom. The zero-order valence-corrected chi connectivity index (χ0v) is 15.6. The van der Waals surface area contributed by atoms with E-state index < -0.39 is 18.1 Å². The maximum Gasteiger partial charge on any atom is 0.341 e. The summed E-state index contributed by atoms with van der Waals surface area (Å²) in [5.41, 5.74) is 1.55. The van der Waals surface area contributed by atoms with Crippen LogP contribution in [0.4, 0.5) is 0 Å². The lowest BCUT2D eigenvalue weighted by Crippen LogP contribution is -2.38. The van der Waals surface area contributed by atoms with Gasteiger partial charge in [-0.3, -0.25) is 13.9 Å². The van der Waals surface area contributed by atoms with Crippen molar-refractivity contribution in [3.8, 4) is 17.0 Å². The van der Waals surface area contributed by atoms with Crippen LogP contribution in [0.3, 0.4) is 0 Å². The number of nitrogens with zero attached hydrogens (tertiary/aromatic N) is 2. The first-order valence-electron chi connectivity index (χ1n) is 8.69. The molecule has 0 aliphatic rings. The third kappa shape index (κ3) is 3.84. The first-order chi connectivity index (χ1) is 13.4. The van der Waals surface area contributed by atoms with Gasteiger partial charge in [-0.25, -0.2) is 9.59 Å². The van der Waals surface area contributed by atoms with Crippen molar-refractivity contribution in [2.24, 2.45) is 7.05 Å². The van der Waals surface area contributed by atoms with Crippen LogP contribution in [-0.2, 0) is 23.1 Å². The predicted molar refractivity (Wildman–Crippen MR) is 103 cm³/mol. The predicted octanol–water partition coefficient (Wildman–Crippen LogP) is 1.20. The average Bonchev–Trinajstić information content (AvgIpc) is 3.13. The summed E-state index contributed by atoms with van der Waals surface area (Å²) >= 11 is 0. The van der Waals surface area contributed by atoms with Gasteiger partial charge >= 0.3 is 11.7 Å². The molecular weight excluding hydrogens is 366 g/mol. The summed E-state index contributed by atoms with van der Waals surface area (Å²) in [6.07, 6.45) is 0.639. The molecule has 0 radical (unpaired) electrons. The van der Waals surface area contributed by atoms with E-state index in [1.165, 1.54) is 7.05 Å². The van der Waals surface area contributed by atoms with Gasteiger partial charge in [0.05, 0.1) is 5.52 Å².